The number of hydrogen-bond acceptors (Lipinski definition) is 13. The van der Waals surface area contributed by atoms with Gasteiger partial charge in [0, 0.05) is 47.7 Å². The molecule has 13 atom stereocenters. The van der Waals surface area contributed by atoms with Gasteiger partial charge in [0.05, 0.1) is 12.1 Å². The fourth-order valence-electron chi connectivity index (χ4n) is 10.8. The van der Waals surface area contributed by atoms with Gasteiger partial charge in [-0.3, -0.25) is 47.9 Å². The molecule has 0 aromatic rings. The summed E-state index contributed by atoms with van der Waals surface area (Å²) in [5, 5.41) is 35.1. The normalized spacial score (nSPS) is 16.3. The number of amides is 10. The van der Waals surface area contributed by atoms with Crippen LogP contribution in [0.4, 0.5) is 0 Å². The van der Waals surface area contributed by atoms with Gasteiger partial charge in [0.15, 0.2) is 0 Å². The van der Waals surface area contributed by atoms with Crippen LogP contribution in [0.25, 0.3) is 0 Å². The molecule has 0 aromatic carbocycles. The first-order valence-electron chi connectivity index (χ1n) is 31.5. The minimum absolute atomic E-state index is 0.0387. The monoisotopic (exact) mass is 1250 g/mol. The summed E-state index contributed by atoms with van der Waals surface area (Å²) in [6.45, 7) is 35.3. The van der Waals surface area contributed by atoms with Crippen LogP contribution >= 0.6 is 0 Å². The van der Waals surface area contributed by atoms with Crippen molar-refractivity contribution in [1.29, 1.82) is 0 Å². The zero-order chi connectivity index (χ0) is 68.9. The molecule has 10 amide bonds. The van der Waals surface area contributed by atoms with E-state index < -0.39 is 155 Å². The lowest BCUT2D eigenvalue weighted by Crippen LogP contribution is -2.63. The zero-order valence-corrected chi connectivity index (χ0v) is 58.2. The highest BCUT2D eigenvalue weighted by Gasteiger charge is 2.46. The van der Waals surface area contributed by atoms with Crippen LogP contribution in [0.1, 0.15) is 170 Å². The fourth-order valence-corrected chi connectivity index (χ4v) is 10.8. The highest BCUT2D eigenvalue weighted by molar-refractivity contribution is 5.99. The van der Waals surface area contributed by atoms with Crippen LogP contribution in [-0.4, -0.2) is 227 Å². The average Bonchev–Trinajstić information content (AvgIpc) is 1.44. The maximum atomic E-state index is 15.0. The Hall–Kier alpha value is -6.17. The summed E-state index contributed by atoms with van der Waals surface area (Å²) in [4.78, 5) is 163. The third-order valence-electron chi connectivity index (χ3n) is 16.8. The van der Waals surface area contributed by atoms with Crippen LogP contribution in [0, 0.1) is 40.9 Å². The van der Waals surface area contributed by atoms with Gasteiger partial charge >= 0.3 is 5.97 Å². The van der Waals surface area contributed by atoms with E-state index in [0.29, 0.717) is 6.42 Å². The van der Waals surface area contributed by atoms with Crippen molar-refractivity contribution in [3.63, 3.8) is 0 Å². The first-order valence-corrected chi connectivity index (χ1v) is 31.5. The fraction of sp³-hybridized carbons (Fsp3) is 0.797. The molecule has 0 saturated carbocycles. The van der Waals surface area contributed by atoms with Crippen LogP contribution in [0.3, 0.4) is 0 Å². The van der Waals surface area contributed by atoms with E-state index in [9.17, 15) is 63.0 Å². The van der Waals surface area contributed by atoms with Crippen LogP contribution in [0.5, 0.6) is 0 Å². The van der Waals surface area contributed by atoms with Crippen molar-refractivity contribution in [3.8, 4) is 0 Å². The SMILES string of the molecule is C=CC(C)(C)[C@@H](C(=O)N[C@H](C(=O)N(C)[C@@H](CC(C)C)C(=O)N[C@@H](C)C(=O)N[C@H](C)C(=O)N(C)[C@@H](CC(C)C)C(=O)N(C)[C@@H](CC(C)C)C(=O)N(C)[C@H](C(=O)N(C)[C@H](C(=O)N[C@@H](CC)C(=O)O)[C@H](O)[C@H](C)CCCC)C(C)C)C(C)C)N(C)C(=O)[C@@H](C)NC. The summed E-state index contributed by atoms with van der Waals surface area (Å²) in [6.07, 6.45) is 2.69. The Morgan fingerprint density at radius 3 is 1.34 bits per heavy atom. The number of carbonyl (C=O) groups is 11. The first-order chi connectivity index (χ1) is 40.5. The molecule has 0 fully saturated rings. The predicted molar refractivity (Wildman–Crippen MR) is 342 cm³/mol. The summed E-state index contributed by atoms with van der Waals surface area (Å²) >= 11 is 0. The molecule has 0 rings (SSSR count). The number of nitrogens with one attached hydrogen (secondary N) is 5. The average molecular weight is 1250 g/mol. The van der Waals surface area contributed by atoms with Gasteiger partial charge in [-0.15, -0.1) is 6.58 Å². The Bertz CT molecular complexity index is 2360. The number of unbranched alkanes of at least 4 members (excludes halogenated alkanes) is 1. The van der Waals surface area contributed by atoms with E-state index in [1.807, 2.05) is 48.5 Å². The molecule has 7 N–H and O–H groups in total. The first kappa shape index (κ1) is 81.8. The van der Waals surface area contributed by atoms with Gasteiger partial charge in [0.25, 0.3) is 0 Å². The quantitative estimate of drug-likeness (QED) is 0.0432. The second-order valence-electron chi connectivity index (χ2n) is 26.8. The molecule has 0 spiro atoms. The van der Waals surface area contributed by atoms with Crippen molar-refractivity contribution in [2.45, 2.75) is 242 Å². The van der Waals surface area contributed by atoms with Crippen molar-refractivity contribution in [1.82, 2.24) is 56.0 Å². The standard InChI is InChI=1S/C64H117N11O13/c1-27-30-31-40(14)51(76)50(55(79)68-44(28-2)63(87)88)74(25)62(86)49(39(12)13)73(24)60(84)47(34-37(8)9)72(23)59(83)46(33-36(6)7)71(22)58(82)43(17)67-53(77)41(15)66-54(78)45(32-35(4)5)70(21)61(85)48(38(10)11)69-56(80)52(64(18,19)29-3)75(26)57(81)42(16)65-20/h29,35-52,65,76H,3,27-28,30-34H2,1-2,4-26H3,(H,66,78)(H,67,77)(H,68,79)(H,69,80)(H,87,88)/t40-,41+,42-,43-,44+,45+,46+,47+,48+,49+,50+,51-,52-/m1/s1. The maximum Gasteiger partial charge on any atom is 0.326 e. The van der Waals surface area contributed by atoms with Gasteiger partial charge in [0.2, 0.25) is 59.1 Å². The molecule has 0 aliphatic carbocycles. The van der Waals surface area contributed by atoms with Gasteiger partial charge in [-0.1, -0.05) is 123 Å². The Balaban J connectivity index is 6.94. The molecule has 506 valence electrons. The summed E-state index contributed by atoms with van der Waals surface area (Å²) in [5.74, 6) is -9.64. The lowest BCUT2D eigenvalue weighted by Gasteiger charge is -2.41. The number of carboxylic acids is 1. The number of aliphatic hydroxyl groups is 1. The number of carbonyl (C=O) groups excluding carboxylic acids is 10. The number of aliphatic hydroxyl groups excluding tert-OH is 1. The van der Waals surface area contributed by atoms with E-state index in [0.717, 1.165) is 17.7 Å². The lowest BCUT2D eigenvalue weighted by atomic mass is 9.82. The Morgan fingerprint density at radius 2 is 0.920 bits per heavy atom. The molecule has 0 aromatic heterocycles. The van der Waals surface area contributed by atoms with E-state index in [1.165, 1.54) is 80.6 Å². The second kappa shape index (κ2) is 37.1. The summed E-state index contributed by atoms with van der Waals surface area (Å²) in [5.41, 5.74) is -0.932. The molecule has 0 aliphatic rings. The van der Waals surface area contributed by atoms with Gasteiger partial charge < -0.3 is 66.2 Å². The van der Waals surface area contributed by atoms with Crippen LogP contribution in [-0.2, 0) is 52.7 Å². The van der Waals surface area contributed by atoms with Crippen molar-refractivity contribution in [2.24, 2.45) is 40.9 Å². The molecule has 88 heavy (non-hydrogen) atoms. The molecule has 0 aliphatic heterocycles. The molecule has 0 bridgehead atoms. The largest absolute Gasteiger partial charge is 0.480 e. The molecule has 0 saturated heterocycles. The molecule has 24 nitrogen and oxygen atoms in total. The zero-order valence-electron chi connectivity index (χ0n) is 58.2. The minimum atomic E-state index is -1.53. The van der Waals surface area contributed by atoms with Crippen molar-refractivity contribution < 1.29 is 63.0 Å². The third-order valence-corrected chi connectivity index (χ3v) is 16.8. The van der Waals surface area contributed by atoms with Crippen LogP contribution in [0.2, 0.25) is 0 Å². The van der Waals surface area contributed by atoms with E-state index in [4.69, 9.17) is 0 Å². The number of carboxylic acid groups (broad SMARTS) is 1. The topological polar surface area (TPSA) is 308 Å². The number of nitrogens with zero attached hydrogens (tertiary/aromatic N) is 6. The predicted octanol–water partition coefficient (Wildman–Crippen LogP) is 3.88. The number of hydrogen-bond donors (Lipinski definition) is 7. The maximum absolute atomic E-state index is 15.0. The smallest absolute Gasteiger partial charge is 0.326 e. The Labute approximate surface area is 527 Å². The van der Waals surface area contributed by atoms with E-state index >= 15 is 0 Å². The lowest BCUT2D eigenvalue weighted by molar-refractivity contribution is -0.157. The molecule has 0 heterocycles. The number of likely N-dealkylation sites (N-methyl/N-ethyl adjacent to an activating group) is 7. The molecule has 24 heteroatoms. The van der Waals surface area contributed by atoms with Gasteiger partial charge in [-0.05, 0) is 95.4 Å². The van der Waals surface area contributed by atoms with Crippen molar-refractivity contribution >= 4 is 65.0 Å². The number of rotatable bonds is 38. The summed E-state index contributed by atoms with van der Waals surface area (Å²) in [7, 11) is 10.2. The highest BCUT2D eigenvalue weighted by Crippen LogP contribution is 2.29. The Kier molecular flexibility index (Phi) is 34.5. The summed E-state index contributed by atoms with van der Waals surface area (Å²) < 4.78 is 0. The second-order valence-corrected chi connectivity index (χ2v) is 26.8. The van der Waals surface area contributed by atoms with Crippen LogP contribution < -0.4 is 26.6 Å². The van der Waals surface area contributed by atoms with Crippen molar-refractivity contribution in [3.05, 3.63) is 12.7 Å². The van der Waals surface area contributed by atoms with E-state index in [1.54, 1.807) is 75.4 Å². The molecular formula is C64H117N11O13. The van der Waals surface area contributed by atoms with Gasteiger partial charge in [-0.2, -0.15) is 0 Å². The van der Waals surface area contributed by atoms with Gasteiger partial charge in [-0.25, -0.2) is 4.79 Å². The molecule has 0 radical (unpaired) electrons. The summed E-state index contributed by atoms with van der Waals surface area (Å²) in [6, 6.07) is -12.8. The minimum Gasteiger partial charge on any atom is -0.480 e. The van der Waals surface area contributed by atoms with E-state index in [2.05, 4.69) is 33.2 Å². The third kappa shape index (κ3) is 23.0. The number of aliphatic carboxylic acids is 1. The highest BCUT2D eigenvalue weighted by atomic mass is 16.4. The van der Waals surface area contributed by atoms with E-state index in [-0.39, 0.29) is 49.3 Å². The van der Waals surface area contributed by atoms with Gasteiger partial charge in [0.1, 0.15) is 60.4 Å². The van der Waals surface area contributed by atoms with Crippen LogP contribution in [0.15, 0.2) is 12.7 Å². The molecule has 0 unspecified atom stereocenters. The Morgan fingerprint density at radius 1 is 0.489 bits per heavy atom. The van der Waals surface area contributed by atoms with Crippen molar-refractivity contribution in [2.75, 3.05) is 49.3 Å². The molecular weight excluding hydrogens is 1130 g/mol.